The third-order valence-corrected chi connectivity index (χ3v) is 12.9. The van der Waals surface area contributed by atoms with Gasteiger partial charge in [0.25, 0.3) is 11.8 Å². The van der Waals surface area contributed by atoms with Crippen LogP contribution >= 0.6 is 23.2 Å². The Morgan fingerprint density at radius 1 is 0.807 bits per heavy atom. The number of hydrogen-bond donors (Lipinski definition) is 1. The lowest BCUT2D eigenvalue weighted by Crippen LogP contribution is -2.60. The molecule has 4 amide bonds. The van der Waals surface area contributed by atoms with Gasteiger partial charge in [0.1, 0.15) is 29.7 Å². The maximum absolute atomic E-state index is 14.7. The van der Waals surface area contributed by atoms with Crippen LogP contribution in [-0.4, -0.2) is 65.9 Å². The third kappa shape index (κ3) is 6.02. The minimum Gasteiger partial charge on any atom is -0.497 e. The molecule has 57 heavy (non-hydrogen) atoms. The highest BCUT2D eigenvalue weighted by Crippen LogP contribution is 2.66. The Hall–Kier alpha value is -5.49. The van der Waals surface area contributed by atoms with Gasteiger partial charge in [0.2, 0.25) is 11.8 Å². The first-order valence-corrected chi connectivity index (χ1v) is 19.1. The summed E-state index contributed by atoms with van der Waals surface area (Å²) in [7, 11) is 3.17. The van der Waals surface area contributed by atoms with Crippen LogP contribution in [0, 0.1) is 23.6 Å². The largest absolute Gasteiger partial charge is 0.497 e. The van der Waals surface area contributed by atoms with E-state index < -0.39 is 57.0 Å². The quantitative estimate of drug-likeness (QED) is 0.0776. The van der Waals surface area contributed by atoms with Gasteiger partial charge in [0.15, 0.2) is 9.75 Å². The molecule has 292 valence electrons. The van der Waals surface area contributed by atoms with Crippen LogP contribution in [0.15, 0.2) is 103 Å². The van der Waals surface area contributed by atoms with Crippen LogP contribution in [0.3, 0.4) is 0 Å². The molecule has 2 saturated heterocycles. The molecule has 6 unspecified atom stereocenters. The second-order valence-corrected chi connectivity index (χ2v) is 15.6. The molecule has 4 aliphatic rings. The fraction of sp³-hybridized carbons (Fsp3) is 0.273. The number of imide groups is 2. The predicted molar refractivity (Wildman–Crippen MR) is 213 cm³/mol. The number of rotatable bonds is 10. The number of allylic oxidation sites excluding steroid dienone is 2. The fourth-order valence-corrected chi connectivity index (χ4v) is 9.82. The molecule has 13 heteroatoms. The lowest BCUT2D eigenvalue weighted by atomic mass is 9.56. The molecule has 3 fully saturated rings. The Balaban J connectivity index is 1.17. The smallest absolute Gasteiger partial charge is 0.258 e. The van der Waals surface area contributed by atoms with Gasteiger partial charge < -0.3 is 19.3 Å². The molecule has 0 aromatic heterocycles. The van der Waals surface area contributed by atoms with Gasteiger partial charge in [-0.1, -0.05) is 54.1 Å². The van der Waals surface area contributed by atoms with Crippen molar-refractivity contribution in [3.8, 4) is 17.2 Å². The number of halogens is 3. The zero-order chi connectivity index (χ0) is 40.2. The van der Waals surface area contributed by atoms with E-state index in [1.54, 1.807) is 68.8 Å². The number of para-hydroxylation sites is 1. The summed E-state index contributed by atoms with van der Waals surface area (Å²) < 4.78 is 30.8. The van der Waals surface area contributed by atoms with E-state index in [1.165, 1.54) is 17.0 Å². The summed E-state index contributed by atoms with van der Waals surface area (Å²) in [5.74, 6) is -4.98. The number of methoxy groups -OCH3 is 2. The average molecular weight is 812 g/mol. The molecular formula is C44H37Cl2FN2O8. The highest BCUT2D eigenvalue weighted by molar-refractivity contribution is 6.58. The van der Waals surface area contributed by atoms with Crippen molar-refractivity contribution in [3.05, 3.63) is 125 Å². The lowest BCUT2D eigenvalue weighted by Gasteiger charge is -2.50. The highest BCUT2D eigenvalue weighted by atomic mass is 35.5. The standard InChI is InChI=1S/C44H37Cl2FN2O8/c1-55-30-17-20-35(56-2)26(23-30)10-7-25-8-13-28(14-9-25)48-39(51)33-19-18-31-34(37(33)40(48)52)24-43(45)41(53)49(29-15-11-27(47)12-16-29)42(54)44(43,46)38(31)32-5-3-4-6-36(32)57-22-21-50/h3-18,20,23,33-34,37-38,50H,19,21-22,24H2,1-2H3. The molecule has 2 heterocycles. The second kappa shape index (κ2) is 14.8. The van der Waals surface area contributed by atoms with E-state index in [0.717, 1.165) is 28.2 Å². The molecule has 0 bridgehead atoms. The average Bonchev–Trinajstić information content (AvgIpc) is 3.57. The number of aliphatic hydroxyl groups excluding tert-OH is 1. The number of amides is 4. The van der Waals surface area contributed by atoms with E-state index in [4.69, 9.17) is 37.4 Å². The highest BCUT2D eigenvalue weighted by Gasteiger charge is 2.77. The Morgan fingerprint density at radius 3 is 2.21 bits per heavy atom. The third-order valence-electron chi connectivity index (χ3n) is 11.5. The van der Waals surface area contributed by atoms with Gasteiger partial charge in [0.05, 0.1) is 44.0 Å². The Kier molecular flexibility index (Phi) is 9.96. The molecule has 6 atom stereocenters. The van der Waals surface area contributed by atoms with Crippen LogP contribution in [0.5, 0.6) is 17.2 Å². The Morgan fingerprint density at radius 2 is 1.51 bits per heavy atom. The minimum absolute atomic E-state index is 0.0709. The number of anilines is 2. The Labute approximate surface area is 338 Å². The molecule has 4 aromatic carbocycles. The minimum atomic E-state index is -2.13. The summed E-state index contributed by atoms with van der Waals surface area (Å²) in [5.41, 5.74) is 3.08. The number of alkyl halides is 2. The molecular weight excluding hydrogens is 774 g/mol. The number of carbonyl (C=O) groups excluding carboxylic acids is 4. The molecule has 1 N–H and O–H groups in total. The second-order valence-electron chi connectivity index (χ2n) is 14.4. The topological polar surface area (TPSA) is 123 Å². The van der Waals surface area contributed by atoms with Gasteiger partial charge >= 0.3 is 0 Å². The van der Waals surface area contributed by atoms with Crippen LogP contribution in [0.25, 0.3) is 12.2 Å². The van der Waals surface area contributed by atoms with Gasteiger partial charge in [-0.3, -0.25) is 24.1 Å². The van der Waals surface area contributed by atoms with Crippen LogP contribution in [0.1, 0.15) is 35.4 Å². The Bertz CT molecular complexity index is 2350. The van der Waals surface area contributed by atoms with E-state index in [0.29, 0.717) is 34.1 Å². The van der Waals surface area contributed by atoms with Gasteiger partial charge in [-0.05, 0) is 85.0 Å². The number of benzene rings is 4. The van der Waals surface area contributed by atoms with Crippen molar-refractivity contribution in [2.75, 3.05) is 37.2 Å². The molecule has 1 saturated carbocycles. The molecule has 4 aromatic rings. The summed E-state index contributed by atoms with van der Waals surface area (Å²) in [6, 6.07) is 24.1. The van der Waals surface area contributed by atoms with Crippen molar-refractivity contribution in [3.63, 3.8) is 0 Å². The number of aliphatic hydroxyl groups is 1. The van der Waals surface area contributed by atoms with Crippen LogP contribution in [0.4, 0.5) is 15.8 Å². The van der Waals surface area contributed by atoms with E-state index in [1.807, 2.05) is 30.4 Å². The van der Waals surface area contributed by atoms with Crippen molar-refractivity contribution in [1.29, 1.82) is 0 Å². The molecule has 2 aliphatic carbocycles. The van der Waals surface area contributed by atoms with Crippen molar-refractivity contribution < 1.29 is 42.9 Å². The number of hydrogen-bond acceptors (Lipinski definition) is 8. The van der Waals surface area contributed by atoms with E-state index in [2.05, 4.69) is 0 Å². The zero-order valence-corrected chi connectivity index (χ0v) is 32.4. The number of carbonyl (C=O) groups is 4. The summed E-state index contributed by atoms with van der Waals surface area (Å²) in [6.07, 6.45) is 5.54. The van der Waals surface area contributed by atoms with Crippen LogP contribution in [-0.2, 0) is 19.2 Å². The van der Waals surface area contributed by atoms with Gasteiger partial charge in [-0.15, -0.1) is 23.2 Å². The molecule has 0 radical (unpaired) electrons. The number of nitrogens with zero attached hydrogens (tertiary/aromatic N) is 2. The summed E-state index contributed by atoms with van der Waals surface area (Å²) in [4.78, 5) is 55.9. The van der Waals surface area contributed by atoms with E-state index in [-0.39, 0.29) is 37.6 Å². The number of fused-ring (bicyclic) bond motifs is 4. The maximum Gasteiger partial charge on any atom is 0.258 e. The van der Waals surface area contributed by atoms with Crippen LogP contribution in [0.2, 0.25) is 0 Å². The van der Waals surface area contributed by atoms with E-state index in [9.17, 15) is 28.7 Å². The van der Waals surface area contributed by atoms with Crippen molar-refractivity contribution in [2.45, 2.75) is 28.5 Å². The molecule has 0 spiro atoms. The first kappa shape index (κ1) is 38.4. The zero-order valence-electron chi connectivity index (χ0n) is 30.9. The lowest BCUT2D eigenvalue weighted by molar-refractivity contribution is -0.125. The normalized spacial score (nSPS) is 26.7. The first-order valence-electron chi connectivity index (χ1n) is 18.4. The molecule has 2 aliphatic heterocycles. The van der Waals surface area contributed by atoms with Crippen molar-refractivity contribution in [2.24, 2.45) is 17.8 Å². The van der Waals surface area contributed by atoms with Crippen molar-refractivity contribution in [1.82, 2.24) is 0 Å². The van der Waals surface area contributed by atoms with Crippen molar-refractivity contribution >= 4 is 70.4 Å². The van der Waals surface area contributed by atoms with Gasteiger partial charge in [-0.25, -0.2) is 9.29 Å². The van der Waals surface area contributed by atoms with Gasteiger partial charge in [-0.2, -0.15) is 0 Å². The van der Waals surface area contributed by atoms with E-state index >= 15 is 0 Å². The predicted octanol–water partition coefficient (Wildman–Crippen LogP) is 7.15. The van der Waals surface area contributed by atoms with Crippen LogP contribution < -0.4 is 24.0 Å². The number of ether oxygens (including phenoxy) is 3. The molecule has 10 nitrogen and oxygen atoms in total. The maximum atomic E-state index is 14.7. The SMILES string of the molecule is COc1ccc(OC)c(C=Cc2ccc(N3C(=O)C4CC=C5C(CC6(Cl)C(=O)N(c7ccc(F)cc7)C(=O)C6(Cl)C5c5ccccc5OCCO)C4C3=O)cc2)c1. The summed E-state index contributed by atoms with van der Waals surface area (Å²) in [5, 5.41) is 9.62. The summed E-state index contributed by atoms with van der Waals surface area (Å²) in [6.45, 7) is -0.367. The fourth-order valence-electron chi connectivity index (χ4n) is 8.89. The first-order chi connectivity index (χ1) is 27.5. The summed E-state index contributed by atoms with van der Waals surface area (Å²) >= 11 is 15.0. The molecule has 8 rings (SSSR count). The van der Waals surface area contributed by atoms with Gasteiger partial charge in [0, 0.05) is 17.0 Å². The monoisotopic (exact) mass is 810 g/mol.